The van der Waals surface area contributed by atoms with Gasteiger partial charge in [-0.3, -0.25) is 0 Å². The minimum Gasteiger partial charge on any atom is -0.495 e. The first-order chi connectivity index (χ1) is 26.5. The van der Waals surface area contributed by atoms with E-state index in [1.165, 1.54) is 0 Å². The first-order valence-electron chi connectivity index (χ1n) is 19.6. The summed E-state index contributed by atoms with van der Waals surface area (Å²) in [4.78, 5) is 0. The predicted molar refractivity (Wildman–Crippen MR) is 250 cm³/mol. The maximum absolute atomic E-state index is 6.21. The van der Waals surface area contributed by atoms with Gasteiger partial charge in [0, 0.05) is 0 Å². The maximum Gasteiger partial charge on any atom is 0.134 e. The van der Waals surface area contributed by atoms with Gasteiger partial charge in [0.1, 0.15) is 55.3 Å². The smallest absolute Gasteiger partial charge is 0.134 e. The van der Waals surface area contributed by atoms with Crippen molar-refractivity contribution >= 4 is 32.3 Å². The van der Waals surface area contributed by atoms with E-state index in [0.717, 1.165) is 89.8 Å². The lowest BCUT2D eigenvalue weighted by atomic mass is 9.70. The van der Waals surface area contributed by atoms with Gasteiger partial charge in [-0.2, -0.15) is 0 Å². The third-order valence-corrected chi connectivity index (χ3v) is 13.3. The van der Waals surface area contributed by atoms with Crippen molar-refractivity contribution in [3.63, 3.8) is 0 Å². The number of methoxy groups -OCH3 is 4. The Morgan fingerprint density at radius 3 is 0.684 bits per heavy atom. The molecule has 0 radical (unpaired) electrons. The molecule has 57 heavy (non-hydrogen) atoms. The van der Waals surface area contributed by atoms with Gasteiger partial charge in [0.25, 0.3) is 0 Å². The molecule has 4 nitrogen and oxygen atoms in total. The Morgan fingerprint density at radius 2 is 0.526 bits per heavy atom. The van der Waals surface area contributed by atoms with Crippen LogP contribution in [0.25, 0.3) is 22.3 Å². The molecular weight excluding hydrogens is 765 g/mol. The van der Waals surface area contributed by atoms with Gasteiger partial charge in [0.15, 0.2) is 0 Å². The fraction of sp³-hybridized carbons (Fsp3) is 0.347. The molecule has 0 saturated heterocycles. The lowest BCUT2D eigenvalue weighted by molar-refractivity contribution is 0.410. The van der Waals surface area contributed by atoms with Crippen LogP contribution in [0.2, 0.25) is 78.6 Å². The van der Waals surface area contributed by atoms with E-state index in [-0.39, 0.29) is 0 Å². The molecule has 8 heteroatoms. The molecule has 0 aliphatic heterocycles. The SMILES string of the molecule is COc1cc2c(cc1C#C[Si](C)(C)C)-c1cc(C#C[Si](C)(C)C)c(OC)cc1C21c2cc(OC)c(C#C[Si](C)(C)C)cc2-c2cc(C#C[Si](C)(C)C)c(OC)cc21. The van der Waals surface area contributed by atoms with E-state index in [9.17, 15) is 0 Å². The van der Waals surface area contributed by atoms with E-state index >= 15 is 0 Å². The molecule has 2 aliphatic carbocycles. The van der Waals surface area contributed by atoms with Crippen LogP contribution in [-0.4, -0.2) is 60.7 Å². The maximum atomic E-state index is 6.21. The Labute approximate surface area is 346 Å². The number of benzene rings is 4. The number of ether oxygens (including phenoxy) is 4. The van der Waals surface area contributed by atoms with Crippen molar-refractivity contribution in [1.29, 1.82) is 0 Å². The monoisotopic (exact) mass is 820 g/mol. The summed E-state index contributed by atoms with van der Waals surface area (Å²) in [6, 6.07) is 17.7. The van der Waals surface area contributed by atoms with Crippen LogP contribution in [0.1, 0.15) is 44.5 Å². The zero-order chi connectivity index (χ0) is 41.9. The number of fused-ring (bicyclic) bond motifs is 10. The molecular formula is C49H56O4Si4. The highest BCUT2D eigenvalue weighted by molar-refractivity contribution is 6.85. The van der Waals surface area contributed by atoms with E-state index in [1.807, 2.05) is 0 Å². The molecule has 0 heterocycles. The fourth-order valence-electron chi connectivity index (χ4n) is 7.41. The van der Waals surface area contributed by atoms with E-state index in [4.69, 9.17) is 18.9 Å². The molecule has 0 amide bonds. The third kappa shape index (κ3) is 8.16. The zero-order valence-electron chi connectivity index (χ0n) is 36.8. The van der Waals surface area contributed by atoms with E-state index in [1.54, 1.807) is 28.4 Å². The van der Waals surface area contributed by atoms with E-state index in [2.05, 4.69) is 173 Å². The van der Waals surface area contributed by atoms with Gasteiger partial charge in [-0.1, -0.05) is 102 Å². The highest BCUT2D eigenvalue weighted by Gasteiger charge is 2.53. The van der Waals surface area contributed by atoms with Crippen LogP contribution >= 0.6 is 0 Å². The molecule has 0 unspecified atom stereocenters. The van der Waals surface area contributed by atoms with Crippen molar-refractivity contribution in [3.8, 4) is 91.1 Å². The first kappa shape index (κ1) is 41.8. The standard InChI is InChI=1S/C49H56O4Si4/c1-50-45-29-41-37(25-33(45)17-21-54(5,6)7)38-26-34(18-22-55(8,9)10)46(51-2)30-42(38)49(41)43-31-47(52-3)35(19-23-56(11,12)13)27-39(43)40-28-36(20-24-57(14,15)16)48(53-4)32-44(40)49/h25-32H,1-16H3. The second kappa shape index (κ2) is 14.8. The molecule has 0 fully saturated rings. The van der Waals surface area contributed by atoms with Crippen LogP contribution in [0.3, 0.4) is 0 Å². The van der Waals surface area contributed by atoms with Crippen LogP contribution in [0.4, 0.5) is 0 Å². The van der Waals surface area contributed by atoms with Gasteiger partial charge in [0.2, 0.25) is 0 Å². The topological polar surface area (TPSA) is 36.9 Å². The Bertz CT molecular complexity index is 2220. The summed E-state index contributed by atoms with van der Waals surface area (Å²) in [6.07, 6.45) is 0. The molecule has 292 valence electrons. The van der Waals surface area contributed by atoms with Crippen molar-refractivity contribution in [3.05, 3.63) is 93.0 Å². The number of hydrogen-bond donors (Lipinski definition) is 0. The average molecular weight is 821 g/mol. The van der Waals surface area contributed by atoms with Crippen molar-refractivity contribution in [2.45, 2.75) is 84.0 Å². The Morgan fingerprint density at radius 1 is 0.333 bits per heavy atom. The largest absolute Gasteiger partial charge is 0.495 e. The summed E-state index contributed by atoms with van der Waals surface area (Å²) in [5.74, 6) is 17.1. The molecule has 2 aliphatic rings. The normalized spacial score (nSPS) is 13.2. The summed E-state index contributed by atoms with van der Waals surface area (Å²) >= 11 is 0. The minimum absolute atomic E-state index is 0.738. The highest BCUT2D eigenvalue weighted by Crippen LogP contribution is 2.65. The molecule has 4 aromatic rings. The zero-order valence-corrected chi connectivity index (χ0v) is 40.8. The Balaban J connectivity index is 1.85. The summed E-state index contributed by atoms with van der Waals surface area (Å²) < 4.78 is 24.8. The molecule has 0 bridgehead atoms. The van der Waals surface area contributed by atoms with E-state index < -0.39 is 37.7 Å². The fourth-order valence-corrected chi connectivity index (χ4v) is 9.45. The van der Waals surface area contributed by atoms with Crippen molar-refractivity contribution in [1.82, 2.24) is 0 Å². The number of hydrogen-bond acceptors (Lipinski definition) is 4. The second-order valence-corrected chi connectivity index (χ2v) is 38.1. The van der Waals surface area contributed by atoms with Crippen LogP contribution in [0, 0.1) is 45.9 Å². The molecule has 0 N–H and O–H groups in total. The first-order valence-corrected chi connectivity index (χ1v) is 33.6. The highest BCUT2D eigenvalue weighted by atomic mass is 28.3. The summed E-state index contributed by atoms with van der Waals surface area (Å²) in [5.41, 5.74) is 25.8. The van der Waals surface area contributed by atoms with Crippen LogP contribution in [0.15, 0.2) is 48.5 Å². The summed E-state index contributed by atoms with van der Waals surface area (Å²) in [6.45, 7) is 27.1. The Hall–Kier alpha value is -4.81. The van der Waals surface area contributed by atoms with Gasteiger partial charge in [0.05, 0.1) is 56.1 Å². The van der Waals surface area contributed by atoms with Crippen LogP contribution in [-0.2, 0) is 5.41 Å². The van der Waals surface area contributed by atoms with Crippen molar-refractivity contribution in [2.75, 3.05) is 28.4 Å². The van der Waals surface area contributed by atoms with Crippen molar-refractivity contribution in [2.24, 2.45) is 0 Å². The van der Waals surface area contributed by atoms with Gasteiger partial charge >= 0.3 is 0 Å². The molecule has 0 saturated carbocycles. The summed E-state index contributed by atoms with van der Waals surface area (Å²) in [7, 11) is 0.0912. The van der Waals surface area contributed by atoms with Gasteiger partial charge < -0.3 is 18.9 Å². The van der Waals surface area contributed by atoms with Crippen LogP contribution in [0.5, 0.6) is 23.0 Å². The van der Waals surface area contributed by atoms with Crippen molar-refractivity contribution < 1.29 is 18.9 Å². The lowest BCUT2D eigenvalue weighted by Gasteiger charge is -2.31. The number of rotatable bonds is 4. The predicted octanol–water partition coefficient (Wildman–Crippen LogP) is 11.0. The molecule has 6 rings (SSSR count). The molecule has 0 atom stereocenters. The van der Waals surface area contributed by atoms with Gasteiger partial charge in [-0.15, -0.1) is 22.2 Å². The quantitative estimate of drug-likeness (QED) is 0.131. The summed E-state index contributed by atoms with van der Waals surface area (Å²) in [5, 5.41) is 0. The minimum atomic E-state index is -1.71. The average Bonchev–Trinajstić information content (AvgIpc) is 3.55. The lowest BCUT2D eigenvalue weighted by Crippen LogP contribution is -2.26. The second-order valence-electron chi connectivity index (χ2n) is 19.1. The molecule has 4 aromatic carbocycles. The van der Waals surface area contributed by atoms with Gasteiger partial charge in [-0.25, -0.2) is 0 Å². The molecule has 1 spiro atoms. The molecule has 0 aromatic heterocycles. The Kier molecular flexibility index (Phi) is 10.9. The third-order valence-electron chi connectivity index (χ3n) is 9.84. The van der Waals surface area contributed by atoms with E-state index in [0.29, 0.717) is 0 Å². The van der Waals surface area contributed by atoms with Crippen LogP contribution < -0.4 is 18.9 Å². The van der Waals surface area contributed by atoms with Gasteiger partial charge in [-0.05, 0) is 93.0 Å².